The highest BCUT2D eigenvalue weighted by Crippen LogP contribution is 2.24. The molecule has 0 saturated heterocycles. The summed E-state index contributed by atoms with van der Waals surface area (Å²) in [5, 5.41) is 3.41. The summed E-state index contributed by atoms with van der Waals surface area (Å²) in [4.78, 5) is 0. The molecule has 0 spiro atoms. The van der Waals surface area contributed by atoms with Gasteiger partial charge in [0.25, 0.3) is 0 Å². The lowest BCUT2D eigenvalue weighted by molar-refractivity contribution is 0.114. The Morgan fingerprint density at radius 2 is 2.27 bits per heavy atom. The zero-order valence-electron chi connectivity index (χ0n) is 7.60. The number of methoxy groups -OCH3 is 1. The smallest absolute Gasteiger partial charge is 0.0667 e. The van der Waals surface area contributed by atoms with Crippen molar-refractivity contribution in [2.45, 2.75) is 32.3 Å². The Hall–Kier alpha value is -0.0800. The molecule has 0 unspecified atom stereocenters. The van der Waals surface area contributed by atoms with Crippen LogP contribution in [0.15, 0.2) is 0 Å². The van der Waals surface area contributed by atoms with Gasteiger partial charge in [-0.25, -0.2) is 0 Å². The maximum absolute atomic E-state index is 5.12. The first-order valence-electron chi connectivity index (χ1n) is 4.56. The summed E-state index contributed by atoms with van der Waals surface area (Å²) in [7, 11) is 1.76. The highest BCUT2D eigenvalue weighted by Gasteiger charge is 2.16. The predicted molar refractivity (Wildman–Crippen MR) is 46.7 cm³/mol. The average molecular weight is 157 g/mol. The van der Waals surface area contributed by atoms with Crippen molar-refractivity contribution in [3.8, 4) is 0 Å². The van der Waals surface area contributed by atoms with Gasteiger partial charge in [0.15, 0.2) is 0 Å². The van der Waals surface area contributed by atoms with E-state index < -0.39 is 0 Å². The lowest BCUT2D eigenvalue weighted by atomic mass is 9.85. The van der Waals surface area contributed by atoms with Crippen molar-refractivity contribution >= 4 is 0 Å². The van der Waals surface area contributed by atoms with Gasteiger partial charge in [-0.3, -0.25) is 0 Å². The first-order valence-corrected chi connectivity index (χ1v) is 4.56. The fourth-order valence-corrected chi connectivity index (χ4v) is 1.27. The Labute approximate surface area is 69.3 Å². The molecule has 0 aromatic carbocycles. The third-order valence-electron chi connectivity index (χ3n) is 2.49. The van der Waals surface area contributed by atoms with Crippen LogP contribution < -0.4 is 5.32 Å². The van der Waals surface area contributed by atoms with Crippen LogP contribution in [0.2, 0.25) is 0 Å². The van der Waals surface area contributed by atoms with Crippen LogP contribution in [0.3, 0.4) is 0 Å². The van der Waals surface area contributed by atoms with Gasteiger partial charge in [-0.1, -0.05) is 6.42 Å². The molecule has 0 aromatic rings. The van der Waals surface area contributed by atoms with Crippen LogP contribution in [0.5, 0.6) is 0 Å². The number of nitrogens with one attached hydrogen (secondary N) is 1. The first kappa shape index (κ1) is 9.01. The van der Waals surface area contributed by atoms with Gasteiger partial charge < -0.3 is 10.1 Å². The van der Waals surface area contributed by atoms with Gasteiger partial charge >= 0.3 is 0 Å². The van der Waals surface area contributed by atoms with E-state index in [4.69, 9.17) is 4.74 Å². The van der Waals surface area contributed by atoms with Gasteiger partial charge in [-0.2, -0.15) is 0 Å². The molecule has 1 fully saturated rings. The molecule has 1 atom stereocenters. The fourth-order valence-electron chi connectivity index (χ4n) is 1.27. The summed E-state index contributed by atoms with van der Waals surface area (Å²) in [6.45, 7) is 4.27. The van der Waals surface area contributed by atoms with E-state index in [1.54, 1.807) is 7.11 Å². The third-order valence-corrected chi connectivity index (χ3v) is 2.49. The van der Waals surface area contributed by atoms with Crippen molar-refractivity contribution in [2.75, 3.05) is 20.2 Å². The minimum absolute atomic E-state index is 0.357. The van der Waals surface area contributed by atoms with Crippen LogP contribution in [0.25, 0.3) is 0 Å². The predicted octanol–water partition coefficient (Wildman–Crippen LogP) is 1.41. The first-order chi connectivity index (χ1) is 5.33. The van der Waals surface area contributed by atoms with Gasteiger partial charge in [0.2, 0.25) is 0 Å². The van der Waals surface area contributed by atoms with Crippen molar-refractivity contribution < 1.29 is 4.74 Å². The van der Waals surface area contributed by atoms with Crippen molar-refractivity contribution in [1.29, 1.82) is 0 Å². The van der Waals surface area contributed by atoms with E-state index >= 15 is 0 Å². The molecule has 1 aliphatic carbocycles. The topological polar surface area (TPSA) is 21.3 Å². The van der Waals surface area contributed by atoms with Crippen LogP contribution in [0, 0.1) is 5.92 Å². The summed E-state index contributed by atoms with van der Waals surface area (Å²) in [5.74, 6) is 0.957. The summed E-state index contributed by atoms with van der Waals surface area (Å²) in [6.07, 6.45) is 4.64. The van der Waals surface area contributed by atoms with Crippen LogP contribution >= 0.6 is 0 Å². The lowest BCUT2D eigenvalue weighted by Gasteiger charge is -2.26. The van der Waals surface area contributed by atoms with Gasteiger partial charge in [0.05, 0.1) is 6.10 Å². The highest BCUT2D eigenvalue weighted by molar-refractivity contribution is 4.72. The molecule has 0 amide bonds. The van der Waals surface area contributed by atoms with Gasteiger partial charge in [-0.15, -0.1) is 0 Å². The normalized spacial score (nSPS) is 21.3. The lowest BCUT2D eigenvalue weighted by Crippen LogP contribution is -2.32. The molecule has 1 rings (SSSR count). The van der Waals surface area contributed by atoms with Crippen LogP contribution in [0.1, 0.15) is 26.2 Å². The molecule has 0 bridgehead atoms. The molecule has 2 heteroatoms. The SMILES string of the molecule is CO[C@H](C)CNCC1CCC1. The van der Waals surface area contributed by atoms with Crippen molar-refractivity contribution in [3.63, 3.8) is 0 Å². The molecule has 1 N–H and O–H groups in total. The standard InChI is InChI=1S/C9H19NO/c1-8(11-2)6-10-7-9-4-3-5-9/h8-10H,3-7H2,1-2H3/t8-/m1/s1. The zero-order valence-corrected chi connectivity index (χ0v) is 7.60. The quantitative estimate of drug-likeness (QED) is 0.651. The molecule has 0 aromatic heterocycles. The summed E-state index contributed by atoms with van der Waals surface area (Å²) in [5.41, 5.74) is 0. The van der Waals surface area contributed by atoms with Crippen molar-refractivity contribution in [1.82, 2.24) is 5.32 Å². The maximum atomic E-state index is 5.12. The Bertz CT molecular complexity index is 97.0. The van der Waals surface area contributed by atoms with Crippen LogP contribution in [0.4, 0.5) is 0 Å². The number of rotatable bonds is 5. The molecule has 66 valence electrons. The van der Waals surface area contributed by atoms with E-state index in [0.29, 0.717) is 6.10 Å². The molecular weight excluding hydrogens is 138 g/mol. The second-order valence-corrected chi connectivity index (χ2v) is 3.50. The molecule has 2 nitrogen and oxygen atoms in total. The van der Waals surface area contributed by atoms with E-state index in [9.17, 15) is 0 Å². The summed E-state index contributed by atoms with van der Waals surface area (Å²) >= 11 is 0. The minimum Gasteiger partial charge on any atom is -0.380 e. The second kappa shape index (κ2) is 4.73. The number of ether oxygens (including phenoxy) is 1. The Balaban J connectivity index is 1.86. The average Bonchev–Trinajstić information content (AvgIpc) is 1.94. The largest absolute Gasteiger partial charge is 0.380 e. The third kappa shape index (κ3) is 3.21. The van der Waals surface area contributed by atoms with E-state index in [0.717, 1.165) is 12.5 Å². The molecule has 0 aliphatic heterocycles. The van der Waals surface area contributed by atoms with E-state index in [1.165, 1.54) is 25.8 Å². The molecular formula is C9H19NO. The van der Waals surface area contributed by atoms with E-state index in [1.807, 2.05) is 0 Å². The van der Waals surface area contributed by atoms with Crippen LogP contribution in [-0.2, 0) is 4.74 Å². The molecule has 1 saturated carbocycles. The van der Waals surface area contributed by atoms with Gasteiger partial charge in [0, 0.05) is 13.7 Å². The maximum Gasteiger partial charge on any atom is 0.0667 e. The number of hydrogen-bond donors (Lipinski definition) is 1. The molecule has 0 radical (unpaired) electrons. The van der Waals surface area contributed by atoms with Gasteiger partial charge in [-0.05, 0) is 32.2 Å². The number of hydrogen-bond acceptors (Lipinski definition) is 2. The second-order valence-electron chi connectivity index (χ2n) is 3.50. The summed E-state index contributed by atoms with van der Waals surface area (Å²) < 4.78 is 5.12. The van der Waals surface area contributed by atoms with E-state index in [-0.39, 0.29) is 0 Å². The van der Waals surface area contributed by atoms with Gasteiger partial charge in [0.1, 0.15) is 0 Å². The van der Waals surface area contributed by atoms with Crippen LogP contribution in [-0.4, -0.2) is 26.3 Å². The summed E-state index contributed by atoms with van der Waals surface area (Å²) in [6, 6.07) is 0. The Morgan fingerprint density at radius 1 is 1.55 bits per heavy atom. The molecule has 1 aliphatic rings. The Morgan fingerprint density at radius 3 is 2.73 bits per heavy atom. The van der Waals surface area contributed by atoms with E-state index in [2.05, 4.69) is 12.2 Å². The zero-order chi connectivity index (χ0) is 8.10. The monoisotopic (exact) mass is 157 g/mol. The van der Waals surface area contributed by atoms with Crippen molar-refractivity contribution in [3.05, 3.63) is 0 Å². The van der Waals surface area contributed by atoms with Crippen molar-refractivity contribution in [2.24, 2.45) is 5.92 Å². The Kier molecular flexibility index (Phi) is 3.87. The minimum atomic E-state index is 0.357. The molecule has 11 heavy (non-hydrogen) atoms. The molecule has 0 heterocycles. The highest BCUT2D eigenvalue weighted by atomic mass is 16.5. The fraction of sp³-hybridized carbons (Fsp3) is 1.00.